The van der Waals surface area contributed by atoms with Gasteiger partial charge >= 0.3 is 80.8 Å². The van der Waals surface area contributed by atoms with E-state index in [1.54, 1.807) is 0 Å². The van der Waals surface area contributed by atoms with E-state index >= 15 is 0 Å². The molecule has 1 aromatic carbocycles. The minimum atomic E-state index is -4.55. The Morgan fingerprint density at radius 1 is 1.00 bits per heavy atom. The zero-order chi connectivity index (χ0) is 13.9. The molecular formula is C10H11CsO7S. The van der Waals surface area contributed by atoms with Crippen LogP contribution in [0.15, 0.2) is 23.1 Å². The molecule has 0 aromatic heterocycles. The number of methoxy groups -OCH3 is 2. The molecule has 0 aliphatic rings. The molecule has 1 aromatic rings. The van der Waals surface area contributed by atoms with Crippen LogP contribution in [0.25, 0.3) is 0 Å². The van der Waals surface area contributed by atoms with Crippen LogP contribution >= 0.6 is 0 Å². The predicted molar refractivity (Wildman–Crippen MR) is 66.1 cm³/mol. The predicted octanol–water partition coefficient (Wildman–Crippen LogP) is -0.142. The van der Waals surface area contributed by atoms with Crippen LogP contribution in [-0.2, 0) is 19.6 Å². The second-order valence-corrected chi connectivity index (χ2v) is 4.63. The van der Waals surface area contributed by atoms with Crippen LogP contribution < -0.4 is 0 Å². The maximum atomic E-state index is 11.3. The summed E-state index contributed by atoms with van der Waals surface area (Å²) in [5, 5.41) is 0. The molecule has 0 saturated heterocycles. The average Bonchev–Trinajstić information content (AvgIpc) is 2.35. The van der Waals surface area contributed by atoms with Crippen LogP contribution in [0.3, 0.4) is 0 Å². The van der Waals surface area contributed by atoms with E-state index in [-0.39, 0.29) is 80.0 Å². The van der Waals surface area contributed by atoms with E-state index in [0.29, 0.717) is 0 Å². The number of benzene rings is 1. The van der Waals surface area contributed by atoms with Crippen molar-refractivity contribution in [2.45, 2.75) is 4.90 Å². The first-order valence-electron chi connectivity index (χ1n) is 4.59. The van der Waals surface area contributed by atoms with E-state index in [1.165, 1.54) is 0 Å². The Balaban J connectivity index is 0.00000324. The Labute approximate surface area is 168 Å². The average molecular weight is 408 g/mol. The summed E-state index contributed by atoms with van der Waals surface area (Å²) in [6.07, 6.45) is 0. The first-order valence-corrected chi connectivity index (χ1v) is 6.03. The molecule has 0 radical (unpaired) electrons. The van der Waals surface area contributed by atoms with E-state index < -0.39 is 27.0 Å². The summed E-state index contributed by atoms with van der Waals surface area (Å²) < 4.78 is 39.7. The fraction of sp³-hybridized carbons (Fsp3) is 0.200. The van der Waals surface area contributed by atoms with Crippen molar-refractivity contribution in [3.05, 3.63) is 29.3 Å². The monoisotopic (exact) mass is 408 g/mol. The van der Waals surface area contributed by atoms with Crippen LogP contribution in [0.4, 0.5) is 0 Å². The summed E-state index contributed by atoms with van der Waals surface area (Å²) in [7, 11) is -2.35. The van der Waals surface area contributed by atoms with Gasteiger partial charge in [-0.15, -0.1) is 0 Å². The van der Waals surface area contributed by atoms with Crippen LogP contribution in [0.2, 0.25) is 0 Å². The van der Waals surface area contributed by atoms with E-state index in [9.17, 15) is 18.0 Å². The van der Waals surface area contributed by atoms with E-state index in [4.69, 9.17) is 4.55 Å². The molecule has 1 N–H and O–H groups in total. The molecule has 7 nitrogen and oxygen atoms in total. The number of carbonyl (C=O) groups is 2. The summed E-state index contributed by atoms with van der Waals surface area (Å²) >= 11 is 0. The van der Waals surface area contributed by atoms with Gasteiger partial charge in [0.15, 0.2) is 0 Å². The first-order chi connectivity index (χ1) is 8.29. The molecule has 0 fully saturated rings. The molecule has 0 atom stereocenters. The molecule has 9 heteroatoms. The summed E-state index contributed by atoms with van der Waals surface area (Å²) in [5.41, 5.74) is -0.374. The normalized spacial score (nSPS) is 10.3. The van der Waals surface area contributed by atoms with Crippen molar-refractivity contribution in [2.24, 2.45) is 0 Å². The Hall–Kier alpha value is 0.122. The summed E-state index contributed by atoms with van der Waals surface area (Å²) in [6, 6.07) is 2.90. The van der Waals surface area contributed by atoms with Crippen molar-refractivity contribution in [2.75, 3.05) is 14.2 Å². The molecule has 0 unspecified atom stereocenters. The number of esters is 2. The van der Waals surface area contributed by atoms with Crippen molar-refractivity contribution in [1.82, 2.24) is 0 Å². The van der Waals surface area contributed by atoms with Crippen molar-refractivity contribution in [1.29, 1.82) is 0 Å². The molecule has 0 saturated carbocycles. The minimum absolute atomic E-state index is 0. The van der Waals surface area contributed by atoms with Gasteiger partial charge in [-0.2, -0.15) is 8.42 Å². The third-order valence-corrected chi connectivity index (χ3v) is 2.88. The quantitative estimate of drug-likeness (QED) is 0.548. The zero-order valence-corrected chi connectivity index (χ0v) is 10.4. The van der Waals surface area contributed by atoms with Gasteiger partial charge in [0.05, 0.1) is 30.2 Å². The standard InChI is InChI=1S/C10H10O7S.Cs.H/c1-16-9(11)6-3-7(10(12)17-2)5-8(4-6)18(13,14)15;;/h3-5H,1-2H3,(H,13,14,15);;. The van der Waals surface area contributed by atoms with Crippen LogP contribution in [0, 0.1) is 0 Å². The van der Waals surface area contributed by atoms with Crippen molar-refractivity contribution >= 4 is 91.0 Å². The van der Waals surface area contributed by atoms with Gasteiger partial charge in [0.2, 0.25) is 0 Å². The fourth-order valence-corrected chi connectivity index (χ4v) is 1.77. The Morgan fingerprint density at radius 2 is 1.37 bits per heavy atom. The van der Waals surface area contributed by atoms with Gasteiger partial charge in [0.25, 0.3) is 10.1 Å². The molecule has 0 amide bonds. The molecule has 0 aliphatic heterocycles. The van der Waals surface area contributed by atoms with Gasteiger partial charge in [-0.3, -0.25) is 4.55 Å². The third-order valence-electron chi connectivity index (χ3n) is 2.05. The number of rotatable bonds is 3. The van der Waals surface area contributed by atoms with E-state index in [2.05, 4.69) is 9.47 Å². The van der Waals surface area contributed by atoms with E-state index in [0.717, 1.165) is 32.4 Å². The molecule has 100 valence electrons. The summed E-state index contributed by atoms with van der Waals surface area (Å²) in [6.45, 7) is 0. The second-order valence-electron chi connectivity index (χ2n) is 3.20. The molecule has 1 rings (SSSR count). The Bertz CT molecular complexity index is 560. The van der Waals surface area contributed by atoms with Gasteiger partial charge in [-0.1, -0.05) is 0 Å². The van der Waals surface area contributed by atoms with Gasteiger partial charge in [0.1, 0.15) is 0 Å². The number of hydrogen-bond donors (Lipinski definition) is 1. The molecule has 0 bridgehead atoms. The second kappa shape index (κ2) is 7.79. The van der Waals surface area contributed by atoms with Crippen molar-refractivity contribution < 1.29 is 32.0 Å². The third kappa shape index (κ3) is 5.19. The van der Waals surface area contributed by atoms with Gasteiger partial charge < -0.3 is 9.47 Å². The van der Waals surface area contributed by atoms with Crippen LogP contribution in [-0.4, -0.2) is 108 Å². The van der Waals surface area contributed by atoms with Crippen molar-refractivity contribution in [3.8, 4) is 0 Å². The maximum absolute atomic E-state index is 11.3. The van der Waals surface area contributed by atoms with Crippen LogP contribution in [0.1, 0.15) is 20.7 Å². The summed E-state index contributed by atoms with van der Waals surface area (Å²) in [4.78, 5) is 22.0. The van der Waals surface area contributed by atoms with Crippen LogP contribution in [0.5, 0.6) is 0 Å². The fourth-order valence-electron chi connectivity index (χ4n) is 1.22. The topological polar surface area (TPSA) is 107 Å². The first kappa shape index (κ1) is 19.1. The van der Waals surface area contributed by atoms with Gasteiger partial charge in [0, 0.05) is 0 Å². The van der Waals surface area contributed by atoms with Gasteiger partial charge in [-0.25, -0.2) is 9.59 Å². The Kier molecular flexibility index (Phi) is 7.84. The Morgan fingerprint density at radius 3 is 1.63 bits per heavy atom. The SMILES string of the molecule is COC(=O)c1cc(C(=O)OC)cc(S(=O)(=O)O)c1.[CsH]. The molecular weight excluding hydrogens is 397 g/mol. The summed E-state index contributed by atoms with van der Waals surface area (Å²) in [5.74, 6) is -1.68. The van der Waals surface area contributed by atoms with E-state index in [1.807, 2.05) is 0 Å². The number of ether oxygens (including phenoxy) is 2. The number of carbonyl (C=O) groups excluding carboxylic acids is 2. The molecule has 0 aliphatic carbocycles. The molecule has 0 heterocycles. The van der Waals surface area contributed by atoms with Gasteiger partial charge in [-0.05, 0) is 18.2 Å². The molecule has 0 spiro atoms. The number of hydrogen-bond acceptors (Lipinski definition) is 6. The van der Waals surface area contributed by atoms with Crippen molar-refractivity contribution in [3.63, 3.8) is 0 Å². The zero-order valence-electron chi connectivity index (χ0n) is 9.54. The molecule has 19 heavy (non-hydrogen) atoms.